The van der Waals surface area contributed by atoms with Crippen molar-refractivity contribution in [2.75, 3.05) is 44.8 Å². The third-order valence-corrected chi connectivity index (χ3v) is 9.22. The number of methoxy groups -OCH3 is 1. The topological polar surface area (TPSA) is 143 Å². The number of fused-ring (bicyclic) bond motifs is 1. The van der Waals surface area contributed by atoms with Crippen molar-refractivity contribution in [1.29, 1.82) is 0 Å². The van der Waals surface area contributed by atoms with Crippen LogP contribution in [0, 0.1) is 5.92 Å². The Morgan fingerprint density at radius 1 is 1.18 bits per heavy atom. The Morgan fingerprint density at radius 2 is 1.84 bits per heavy atom. The summed E-state index contributed by atoms with van der Waals surface area (Å²) < 4.78 is 65.1. The van der Waals surface area contributed by atoms with Gasteiger partial charge in [0.2, 0.25) is 15.9 Å². The van der Waals surface area contributed by atoms with Gasteiger partial charge in [-0.2, -0.15) is 0 Å². The Kier molecular flexibility index (Phi) is 9.29. The fraction of sp³-hybridized carbons (Fsp3) is 0.480. The summed E-state index contributed by atoms with van der Waals surface area (Å²) >= 11 is 0. The van der Waals surface area contributed by atoms with Gasteiger partial charge in [-0.3, -0.25) is 9.52 Å². The molecule has 0 bridgehead atoms. The molecule has 2 N–H and O–H groups in total. The van der Waals surface area contributed by atoms with Gasteiger partial charge in [0.15, 0.2) is 0 Å². The summed E-state index contributed by atoms with van der Waals surface area (Å²) in [5.74, 6) is 0.318. The highest BCUT2D eigenvalue weighted by atomic mass is 32.2. The number of likely N-dealkylation sites (N-methyl/N-ethyl adjacent to an activating group) is 1. The molecular formula is C25H35N3O8S2. The Hall–Kier alpha value is -2.87. The van der Waals surface area contributed by atoms with E-state index < -0.39 is 32.2 Å². The lowest BCUT2D eigenvalue weighted by Gasteiger charge is -2.33. The second-order valence-corrected chi connectivity index (χ2v) is 13.3. The molecule has 3 rings (SSSR count). The number of carbonyl (C=O) groups is 1. The van der Waals surface area contributed by atoms with E-state index in [2.05, 4.69) is 4.72 Å². The molecule has 0 saturated heterocycles. The number of nitrogens with zero attached hydrogens (tertiary/aromatic N) is 2. The van der Waals surface area contributed by atoms with Gasteiger partial charge in [-0.05, 0) is 49.4 Å². The Bertz CT molecular complexity index is 1350. The summed E-state index contributed by atoms with van der Waals surface area (Å²) in [6.07, 6.45) is 0.389. The number of aliphatic hydroxyl groups excluding tert-OH is 1. The fourth-order valence-electron chi connectivity index (χ4n) is 4.07. The zero-order valence-corrected chi connectivity index (χ0v) is 23.8. The van der Waals surface area contributed by atoms with Crippen LogP contribution in [0.15, 0.2) is 47.4 Å². The van der Waals surface area contributed by atoms with Gasteiger partial charge in [-0.1, -0.05) is 6.92 Å². The second kappa shape index (κ2) is 11.9. The predicted octanol–water partition coefficient (Wildman–Crippen LogP) is 1.54. The average molecular weight is 570 g/mol. The fourth-order valence-corrected chi connectivity index (χ4v) is 5.54. The number of rotatable bonds is 9. The first-order valence-corrected chi connectivity index (χ1v) is 15.4. The van der Waals surface area contributed by atoms with Gasteiger partial charge in [0.05, 0.1) is 43.9 Å². The maximum absolute atomic E-state index is 13.3. The molecule has 1 heterocycles. The minimum Gasteiger partial charge on any atom is -0.497 e. The van der Waals surface area contributed by atoms with Crippen molar-refractivity contribution < 1.29 is 36.2 Å². The van der Waals surface area contributed by atoms with E-state index >= 15 is 0 Å². The highest BCUT2D eigenvalue weighted by molar-refractivity contribution is 7.92. The number of hydrogen-bond donors (Lipinski definition) is 2. The van der Waals surface area contributed by atoms with Crippen LogP contribution in [0.5, 0.6) is 11.5 Å². The molecule has 0 spiro atoms. The van der Waals surface area contributed by atoms with E-state index in [1.54, 1.807) is 17.9 Å². The quantitative estimate of drug-likeness (QED) is 0.463. The van der Waals surface area contributed by atoms with Crippen LogP contribution in [0.3, 0.4) is 0 Å². The smallest absolute Gasteiger partial charge is 0.261 e. The number of benzene rings is 2. The molecule has 1 amide bonds. The predicted molar refractivity (Wildman–Crippen MR) is 143 cm³/mol. The Morgan fingerprint density at radius 3 is 2.42 bits per heavy atom. The van der Waals surface area contributed by atoms with Crippen molar-refractivity contribution in [3.8, 4) is 11.5 Å². The summed E-state index contributed by atoms with van der Waals surface area (Å²) in [6.45, 7) is 3.62. The second-order valence-electron chi connectivity index (χ2n) is 9.54. The molecular weight excluding hydrogens is 534 g/mol. The standard InChI is InChI=1S/C25H35N3O8S2/c1-17-14-28(18(2)16-29)25(30)13-19-12-20(26-38(33,34)22-9-7-21(35-4)8-10-22)6-11-23(19)36-24(17)15-27(3)37(5,31)32/h6-12,17-18,24,26,29H,13-16H2,1-5H3/t17-,18-,24-/m1/s1. The van der Waals surface area contributed by atoms with Crippen LogP contribution in [-0.2, 0) is 31.3 Å². The van der Waals surface area contributed by atoms with Gasteiger partial charge in [-0.15, -0.1) is 0 Å². The number of nitrogens with one attached hydrogen (secondary N) is 1. The molecule has 2 aromatic rings. The van der Waals surface area contributed by atoms with Crippen LogP contribution in [0.1, 0.15) is 19.4 Å². The van der Waals surface area contributed by atoms with Gasteiger partial charge in [0, 0.05) is 30.8 Å². The molecule has 13 heteroatoms. The number of anilines is 1. The highest BCUT2D eigenvalue weighted by Crippen LogP contribution is 2.30. The van der Waals surface area contributed by atoms with Gasteiger partial charge < -0.3 is 19.5 Å². The average Bonchev–Trinajstić information content (AvgIpc) is 2.90. The molecule has 1 aliphatic heterocycles. The molecule has 0 saturated carbocycles. The first kappa shape index (κ1) is 29.7. The van der Waals surface area contributed by atoms with E-state index in [0.717, 1.165) is 6.26 Å². The van der Waals surface area contributed by atoms with Gasteiger partial charge in [-0.25, -0.2) is 21.1 Å². The molecule has 1 aliphatic rings. The molecule has 0 fully saturated rings. The monoisotopic (exact) mass is 569 g/mol. The van der Waals surface area contributed by atoms with Crippen molar-refractivity contribution in [3.05, 3.63) is 48.0 Å². The number of aliphatic hydroxyl groups is 1. The SMILES string of the molecule is COc1ccc(S(=O)(=O)Nc2ccc3c(c2)CC(=O)N([C@H](C)CO)C[C@@H](C)[C@@H](CN(C)S(C)(=O)=O)O3)cc1. The summed E-state index contributed by atoms with van der Waals surface area (Å²) in [5, 5.41) is 9.75. The third-order valence-electron chi connectivity index (χ3n) is 6.54. The normalized spacial score (nSPS) is 19.6. The van der Waals surface area contributed by atoms with Crippen LogP contribution in [0.4, 0.5) is 5.69 Å². The first-order valence-electron chi connectivity index (χ1n) is 12.0. The minimum absolute atomic E-state index is 0.0369. The molecule has 3 atom stereocenters. The number of ether oxygens (including phenoxy) is 2. The van der Waals surface area contributed by atoms with Gasteiger partial charge >= 0.3 is 0 Å². The first-order chi connectivity index (χ1) is 17.7. The number of carbonyl (C=O) groups excluding carboxylic acids is 1. The molecule has 0 unspecified atom stereocenters. The zero-order chi connectivity index (χ0) is 28.3. The largest absolute Gasteiger partial charge is 0.497 e. The van der Waals surface area contributed by atoms with E-state index in [4.69, 9.17) is 9.47 Å². The minimum atomic E-state index is -3.93. The molecule has 2 aromatic carbocycles. The maximum Gasteiger partial charge on any atom is 0.261 e. The van der Waals surface area contributed by atoms with Crippen LogP contribution in [0.25, 0.3) is 0 Å². The molecule has 210 valence electrons. The number of sulfonamides is 2. The highest BCUT2D eigenvalue weighted by Gasteiger charge is 2.32. The lowest BCUT2D eigenvalue weighted by molar-refractivity contribution is -0.134. The molecule has 0 aliphatic carbocycles. The maximum atomic E-state index is 13.3. The van der Waals surface area contributed by atoms with Crippen molar-refractivity contribution in [1.82, 2.24) is 9.21 Å². The van der Waals surface area contributed by atoms with Crippen molar-refractivity contribution in [2.24, 2.45) is 5.92 Å². The van der Waals surface area contributed by atoms with Gasteiger partial charge in [0.25, 0.3) is 10.0 Å². The molecule has 0 radical (unpaired) electrons. The van der Waals surface area contributed by atoms with Crippen LogP contribution < -0.4 is 14.2 Å². The summed E-state index contributed by atoms with van der Waals surface area (Å²) in [5.41, 5.74) is 0.663. The van der Waals surface area contributed by atoms with E-state index in [9.17, 15) is 26.7 Å². The van der Waals surface area contributed by atoms with E-state index in [-0.39, 0.29) is 48.5 Å². The van der Waals surface area contributed by atoms with E-state index in [1.807, 2.05) is 6.92 Å². The van der Waals surface area contributed by atoms with Crippen molar-refractivity contribution >= 4 is 31.6 Å². The molecule has 11 nitrogen and oxygen atoms in total. The molecule has 38 heavy (non-hydrogen) atoms. The molecule has 0 aromatic heterocycles. The Labute approximate surface area is 224 Å². The van der Waals surface area contributed by atoms with Crippen LogP contribution >= 0.6 is 0 Å². The number of amides is 1. The number of hydrogen-bond acceptors (Lipinski definition) is 8. The van der Waals surface area contributed by atoms with Crippen molar-refractivity contribution in [2.45, 2.75) is 37.3 Å². The third kappa shape index (κ3) is 7.16. The summed E-state index contributed by atoms with van der Waals surface area (Å²) in [7, 11) is -4.48. The summed E-state index contributed by atoms with van der Waals surface area (Å²) in [6, 6.07) is 10.1. The zero-order valence-electron chi connectivity index (χ0n) is 22.1. The van der Waals surface area contributed by atoms with E-state index in [0.29, 0.717) is 17.1 Å². The lowest BCUT2D eigenvalue weighted by atomic mass is 10.0. The lowest BCUT2D eigenvalue weighted by Crippen LogP contribution is -2.48. The Balaban J connectivity index is 1.98. The summed E-state index contributed by atoms with van der Waals surface area (Å²) in [4.78, 5) is 14.9. The van der Waals surface area contributed by atoms with Crippen molar-refractivity contribution in [3.63, 3.8) is 0 Å². The van der Waals surface area contributed by atoms with E-state index in [1.165, 1.54) is 54.9 Å². The van der Waals surface area contributed by atoms with Crippen LogP contribution in [0.2, 0.25) is 0 Å². The van der Waals surface area contributed by atoms with Crippen LogP contribution in [-0.4, -0.2) is 89.3 Å². The van der Waals surface area contributed by atoms with Gasteiger partial charge in [0.1, 0.15) is 17.6 Å².